The lowest BCUT2D eigenvalue weighted by molar-refractivity contribution is -0.131. The van der Waals surface area contributed by atoms with Crippen molar-refractivity contribution in [3.63, 3.8) is 0 Å². The quantitative estimate of drug-likeness (QED) is 0.536. The third kappa shape index (κ3) is 5.47. The number of nitrogen functional groups attached to an aromatic ring is 1. The molecule has 2 aromatic carbocycles. The maximum atomic E-state index is 13.4. The lowest BCUT2D eigenvalue weighted by Gasteiger charge is -2.32. The van der Waals surface area contributed by atoms with E-state index in [0.717, 1.165) is 37.2 Å². The van der Waals surface area contributed by atoms with Crippen molar-refractivity contribution >= 4 is 23.3 Å². The van der Waals surface area contributed by atoms with Crippen LogP contribution < -0.4 is 17.2 Å². The molecule has 178 valence electrons. The summed E-state index contributed by atoms with van der Waals surface area (Å²) in [5.74, 6) is 0.102. The molecule has 2 atom stereocenters. The summed E-state index contributed by atoms with van der Waals surface area (Å²) in [5, 5.41) is 0.380. The molecule has 9 heteroatoms. The van der Waals surface area contributed by atoms with Crippen LogP contribution in [0.4, 0.5) is 5.82 Å². The Labute approximate surface area is 203 Å². The summed E-state index contributed by atoms with van der Waals surface area (Å²) in [5.41, 5.74) is 13.4. The van der Waals surface area contributed by atoms with Crippen LogP contribution in [-0.4, -0.2) is 58.0 Å². The van der Waals surface area contributed by atoms with E-state index < -0.39 is 5.69 Å². The number of nitrogens with two attached hydrogens (primary N) is 2. The monoisotopic (exact) mass is 480 g/mol. The number of hydrogen-bond donors (Lipinski definition) is 2. The van der Waals surface area contributed by atoms with Crippen LogP contribution in [0.5, 0.6) is 0 Å². The maximum Gasteiger partial charge on any atom is 0.354 e. The minimum absolute atomic E-state index is 0.0339. The summed E-state index contributed by atoms with van der Waals surface area (Å²) in [6, 6.07) is 16.9. The Morgan fingerprint density at radius 3 is 2.68 bits per heavy atom. The van der Waals surface area contributed by atoms with E-state index in [-0.39, 0.29) is 30.2 Å². The fourth-order valence-corrected chi connectivity index (χ4v) is 4.53. The molecule has 4 N–H and O–H groups in total. The zero-order valence-corrected chi connectivity index (χ0v) is 19.9. The molecular weight excluding hydrogens is 452 g/mol. The Kier molecular flexibility index (Phi) is 7.31. The lowest BCUT2D eigenvalue weighted by atomic mass is 10.0. The molecule has 2 unspecified atom stereocenters. The van der Waals surface area contributed by atoms with Gasteiger partial charge in [0.25, 0.3) is 0 Å². The molecule has 1 aliphatic rings. The van der Waals surface area contributed by atoms with Gasteiger partial charge in [-0.3, -0.25) is 14.3 Å². The van der Waals surface area contributed by atoms with Crippen LogP contribution in [0.2, 0.25) is 5.02 Å². The molecule has 0 saturated carbocycles. The first-order chi connectivity index (χ1) is 16.3. The Morgan fingerprint density at radius 1 is 1.24 bits per heavy atom. The average Bonchev–Trinajstić information content (AvgIpc) is 3.24. The van der Waals surface area contributed by atoms with E-state index in [2.05, 4.69) is 9.88 Å². The number of benzene rings is 2. The van der Waals surface area contributed by atoms with Crippen LogP contribution in [0, 0.1) is 0 Å². The number of rotatable bonds is 7. The molecule has 1 aromatic heterocycles. The van der Waals surface area contributed by atoms with Crippen LogP contribution >= 0.6 is 11.6 Å². The molecule has 1 amide bonds. The van der Waals surface area contributed by atoms with Gasteiger partial charge in [-0.15, -0.1) is 0 Å². The number of likely N-dealkylation sites (N-methyl/N-ethyl adjacent to an activating group) is 1. The topological polar surface area (TPSA) is 110 Å². The summed E-state index contributed by atoms with van der Waals surface area (Å²) >= 11 is 6.35. The summed E-state index contributed by atoms with van der Waals surface area (Å²) in [4.78, 5) is 33.5. The molecule has 8 nitrogen and oxygen atoms in total. The van der Waals surface area contributed by atoms with Gasteiger partial charge in [-0.1, -0.05) is 48.0 Å². The number of nitrogens with zero attached hydrogens (tertiary/aromatic N) is 4. The number of carbonyl (C=O) groups excluding carboxylic acids is 1. The van der Waals surface area contributed by atoms with Crippen molar-refractivity contribution in [1.82, 2.24) is 19.4 Å². The Hall–Kier alpha value is -3.20. The van der Waals surface area contributed by atoms with E-state index in [1.165, 1.54) is 16.8 Å². The standard InChI is InChI=1S/C25H29ClN6O2/c1-30(22(18-5-3-2-4-6-18)16-31-11-9-19(27)15-31)24(33)14-17-7-8-20(26)21(13-17)32-12-10-23(28)29-25(32)34/h2-8,10,12-13,19,22H,9,11,14-16,27H2,1H3,(H2,28,29,34). The number of aromatic nitrogens is 2. The van der Waals surface area contributed by atoms with Gasteiger partial charge in [0.15, 0.2) is 0 Å². The Bertz CT molecular complexity index is 1220. The number of halogens is 1. The van der Waals surface area contributed by atoms with E-state index in [1.54, 1.807) is 23.1 Å². The maximum absolute atomic E-state index is 13.4. The molecule has 4 rings (SSSR count). The second kappa shape index (κ2) is 10.4. The summed E-state index contributed by atoms with van der Waals surface area (Å²) in [7, 11) is 1.83. The van der Waals surface area contributed by atoms with Gasteiger partial charge in [-0.25, -0.2) is 4.79 Å². The van der Waals surface area contributed by atoms with Gasteiger partial charge < -0.3 is 16.4 Å². The van der Waals surface area contributed by atoms with Crippen molar-refractivity contribution < 1.29 is 4.79 Å². The molecule has 0 radical (unpaired) electrons. The Morgan fingerprint density at radius 2 is 2.00 bits per heavy atom. The van der Waals surface area contributed by atoms with Crippen LogP contribution in [0.25, 0.3) is 5.69 Å². The van der Waals surface area contributed by atoms with E-state index in [0.29, 0.717) is 10.7 Å². The highest BCUT2D eigenvalue weighted by molar-refractivity contribution is 6.32. The second-order valence-corrected chi connectivity index (χ2v) is 9.11. The average molecular weight is 481 g/mol. The third-order valence-corrected chi connectivity index (χ3v) is 6.56. The molecule has 1 saturated heterocycles. The van der Waals surface area contributed by atoms with Gasteiger partial charge >= 0.3 is 5.69 Å². The predicted octanol–water partition coefficient (Wildman–Crippen LogP) is 2.24. The van der Waals surface area contributed by atoms with Gasteiger partial charge in [-0.2, -0.15) is 4.98 Å². The highest BCUT2D eigenvalue weighted by Gasteiger charge is 2.27. The van der Waals surface area contributed by atoms with Gasteiger partial charge in [0.05, 0.1) is 23.2 Å². The normalized spacial score (nSPS) is 17.0. The van der Waals surface area contributed by atoms with Crippen molar-refractivity contribution in [2.24, 2.45) is 5.73 Å². The molecular formula is C25H29ClN6O2. The number of likely N-dealkylation sites (tertiary alicyclic amines) is 1. The minimum atomic E-state index is -0.532. The van der Waals surface area contributed by atoms with Gasteiger partial charge in [0.2, 0.25) is 5.91 Å². The minimum Gasteiger partial charge on any atom is -0.383 e. The number of anilines is 1. The van der Waals surface area contributed by atoms with Gasteiger partial charge in [0.1, 0.15) is 5.82 Å². The van der Waals surface area contributed by atoms with E-state index in [9.17, 15) is 9.59 Å². The highest BCUT2D eigenvalue weighted by atomic mass is 35.5. The summed E-state index contributed by atoms with van der Waals surface area (Å²) < 4.78 is 1.32. The largest absolute Gasteiger partial charge is 0.383 e. The zero-order chi connectivity index (χ0) is 24.2. The molecule has 2 heterocycles. The molecule has 1 aliphatic heterocycles. The van der Waals surface area contributed by atoms with E-state index >= 15 is 0 Å². The first-order valence-electron chi connectivity index (χ1n) is 11.2. The van der Waals surface area contributed by atoms with Crippen LogP contribution in [0.1, 0.15) is 23.6 Å². The van der Waals surface area contributed by atoms with Crippen molar-refractivity contribution in [3.8, 4) is 5.69 Å². The number of carbonyl (C=O) groups is 1. The Balaban J connectivity index is 1.56. The molecule has 0 spiro atoms. The first kappa shape index (κ1) is 23.9. The molecule has 1 fully saturated rings. The summed E-state index contributed by atoms with van der Waals surface area (Å²) in [6.07, 6.45) is 2.66. The zero-order valence-electron chi connectivity index (χ0n) is 19.1. The van der Waals surface area contributed by atoms with Crippen molar-refractivity contribution in [3.05, 3.63) is 87.4 Å². The highest BCUT2D eigenvalue weighted by Crippen LogP contribution is 2.25. The van der Waals surface area contributed by atoms with Gasteiger partial charge in [0, 0.05) is 32.4 Å². The first-order valence-corrected chi connectivity index (χ1v) is 11.6. The predicted molar refractivity (Wildman–Crippen MR) is 134 cm³/mol. The second-order valence-electron chi connectivity index (χ2n) is 8.71. The van der Waals surface area contributed by atoms with Gasteiger partial charge in [-0.05, 0) is 42.3 Å². The third-order valence-electron chi connectivity index (χ3n) is 6.24. The number of amides is 1. The van der Waals surface area contributed by atoms with Crippen LogP contribution in [-0.2, 0) is 11.2 Å². The lowest BCUT2D eigenvalue weighted by Crippen LogP contribution is -2.40. The molecule has 34 heavy (non-hydrogen) atoms. The van der Waals surface area contributed by atoms with Crippen molar-refractivity contribution in [2.75, 3.05) is 32.4 Å². The fraction of sp³-hybridized carbons (Fsp3) is 0.320. The van der Waals surface area contributed by atoms with E-state index in [4.69, 9.17) is 23.1 Å². The van der Waals surface area contributed by atoms with Crippen molar-refractivity contribution in [2.45, 2.75) is 24.9 Å². The molecule has 0 aliphatic carbocycles. The van der Waals surface area contributed by atoms with Crippen LogP contribution in [0.3, 0.4) is 0 Å². The smallest absolute Gasteiger partial charge is 0.354 e. The van der Waals surface area contributed by atoms with Crippen molar-refractivity contribution in [1.29, 1.82) is 0 Å². The van der Waals surface area contributed by atoms with Crippen LogP contribution in [0.15, 0.2) is 65.6 Å². The van der Waals surface area contributed by atoms with E-state index in [1.807, 2.05) is 37.4 Å². The molecule has 3 aromatic rings. The SMILES string of the molecule is CN(C(=O)Cc1ccc(Cl)c(-n2ccc(N)nc2=O)c1)C(CN1CCC(N)C1)c1ccccc1. The summed E-state index contributed by atoms with van der Waals surface area (Å²) in [6.45, 7) is 2.48. The fourth-order valence-electron chi connectivity index (χ4n) is 4.33. The number of hydrogen-bond acceptors (Lipinski definition) is 6. The molecule has 0 bridgehead atoms.